The van der Waals surface area contributed by atoms with Crippen molar-refractivity contribution in [1.29, 1.82) is 0 Å². The largest absolute Gasteiger partial charge is 0.285 e. The zero-order chi connectivity index (χ0) is 11.6. The molecule has 1 aromatic rings. The average Bonchev–Trinajstić information content (AvgIpc) is 2.53. The molecule has 1 aromatic heterocycles. The minimum atomic E-state index is -2.88. The molecule has 1 aliphatic rings. The van der Waals surface area contributed by atoms with Crippen LogP contribution in [0.3, 0.4) is 0 Å². The van der Waals surface area contributed by atoms with Crippen LogP contribution in [-0.4, -0.2) is 36.7 Å². The number of sulfone groups is 1. The summed E-state index contributed by atoms with van der Waals surface area (Å²) in [5, 5.41) is 0. The zero-order valence-electron chi connectivity index (χ0n) is 9.13. The summed E-state index contributed by atoms with van der Waals surface area (Å²) in [5.41, 5.74) is 0.489. The van der Waals surface area contributed by atoms with Crippen molar-refractivity contribution in [1.82, 2.24) is 4.98 Å². The highest BCUT2D eigenvalue weighted by Crippen LogP contribution is 2.26. The molecular weight excluding hydrogens is 224 g/mol. The predicted octanol–water partition coefficient (Wildman–Crippen LogP) is 1.08. The highest BCUT2D eigenvalue weighted by atomic mass is 32.2. The number of aliphatic imine (C=N–C) groups is 1. The highest BCUT2D eigenvalue weighted by molar-refractivity contribution is 7.91. The van der Waals surface area contributed by atoms with Crippen LogP contribution in [-0.2, 0) is 9.84 Å². The van der Waals surface area contributed by atoms with E-state index in [0.29, 0.717) is 6.42 Å². The molecule has 0 aromatic carbocycles. The molecule has 4 nitrogen and oxygen atoms in total. The van der Waals surface area contributed by atoms with Gasteiger partial charge in [-0.3, -0.25) is 9.98 Å². The molecule has 0 spiro atoms. The maximum Gasteiger partial charge on any atom is 0.152 e. The van der Waals surface area contributed by atoms with Gasteiger partial charge in [0.05, 0.1) is 17.0 Å². The summed E-state index contributed by atoms with van der Waals surface area (Å²) in [6.07, 6.45) is 5.71. The molecule has 2 heterocycles. The third-order valence-corrected chi connectivity index (χ3v) is 4.60. The highest BCUT2D eigenvalue weighted by Gasteiger charge is 2.37. The van der Waals surface area contributed by atoms with E-state index in [4.69, 9.17) is 0 Å². The molecule has 1 saturated heterocycles. The number of rotatable bonds is 2. The summed E-state index contributed by atoms with van der Waals surface area (Å²) in [6, 6.07) is 3.69. The minimum absolute atomic E-state index is 0.154. The SMILES string of the molecule is C[C@@]1(N=Cc2ccncc2)CCS(=O)(=O)C1. The molecule has 86 valence electrons. The minimum Gasteiger partial charge on any atom is -0.285 e. The van der Waals surface area contributed by atoms with Crippen LogP contribution in [0.2, 0.25) is 0 Å². The second-order valence-electron chi connectivity index (χ2n) is 4.38. The van der Waals surface area contributed by atoms with Gasteiger partial charge in [0.15, 0.2) is 9.84 Å². The average molecular weight is 238 g/mol. The fraction of sp³-hybridized carbons (Fsp3) is 0.455. The Morgan fingerprint density at radius 2 is 2.12 bits per heavy atom. The topological polar surface area (TPSA) is 59.4 Å². The number of pyridine rings is 1. The lowest BCUT2D eigenvalue weighted by Crippen LogP contribution is -2.23. The van der Waals surface area contributed by atoms with E-state index in [1.165, 1.54) is 0 Å². The fourth-order valence-electron chi connectivity index (χ4n) is 1.78. The molecule has 1 fully saturated rings. The molecular formula is C11H14N2O2S. The van der Waals surface area contributed by atoms with Crippen LogP contribution in [0.15, 0.2) is 29.5 Å². The third kappa shape index (κ3) is 2.66. The van der Waals surface area contributed by atoms with Gasteiger partial charge in [0.25, 0.3) is 0 Å². The quantitative estimate of drug-likeness (QED) is 0.724. The van der Waals surface area contributed by atoms with Crippen LogP contribution in [0.5, 0.6) is 0 Å². The molecule has 0 amide bonds. The first kappa shape index (κ1) is 11.3. The number of aromatic nitrogens is 1. The van der Waals surface area contributed by atoms with Crippen LogP contribution in [0.4, 0.5) is 0 Å². The Bertz CT molecular complexity index is 496. The van der Waals surface area contributed by atoms with Gasteiger partial charge < -0.3 is 0 Å². The summed E-state index contributed by atoms with van der Waals surface area (Å²) in [6.45, 7) is 1.88. The van der Waals surface area contributed by atoms with E-state index in [0.717, 1.165) is 5.56 Å². The smallest absolute Gasteiger partial charge is 0.152 e. The van der Waals surface area contributed by atoms with Gasteiger partial charge in [0, 0.05) is 18.6 Å². The van der Waals surface area contributed by atoms with Crippen LogP contribution in [0.1, 0.15) is 18.9 Å². The molecule has 0 saturated carbocycles. The Balaban J connectivity index is 2.14. The summed E-state index contributed by atoms with van der Waals surface area (Å²) in [4.78, 5) is 8.30. The molecule has 0 bridgehead atoms. The summed E-state index contributed by atoms with van der Waals surface area (Å²) >= 11 is 0. The van der Waals surface area contributed by atoms with E-state index >= 15 is 0 Å². The van der Waals surface area contributed by atoms with Gasteiger partial charge in [-0.2, -0.15) is 0 Å². The lowest BCUT2D eigenvalue weighted by Gasteiger charge is -2.15. The molecule has 0 aliphatic carbocycles. The standard InChI is InChI=1S/C11H14N2O2S/c1-11(4-7-16(14,15)9-11)13-8-10-2-5-12-6-3-10/h2-3,5-6,8H,4,7,9H2,1H3/t11-/m1/s1. The van der Waals surface area contributed by atoms with Crippen LogP contribution in [0, 0.1) is 0 Å². The maximum absolute atomic E-state index is 11.4. The normalized spacial score (nSPS) is 28.6. The Morgan fingerprint density at radius 1 is 1.44 bits per heavy atom. The van der Waals surface area contributed by atoms with Crippen molar-refractivity contribution in [2.45, 2.75) is 18.9 Å². The van der Waals surface area contributed by atoms with Crippen LogP contribution < -0.4 is 0 Å². The van der Waals surface area contributed by atoms with E-state index in [2.05, 4.69) is 9.98 Å². The Hall–Kier alpha value is -1.23. The van der Waals surface area contributed by atoms with Gasteiger partial charge in [-0.05, 0) is 31.0 Å². The Kier molecular flexibility index (Phi) is 2.80. The molecule has 16 heavy (non-hydrogen) atoms. The lowest BCUT2D eigenvalue weighted by molar-refractivity contribution is 0.536. The second kappa shape index (κ2) is 3.97. The summed E-state index contributed by atoms with van der Waals surface area (Å²) in [7, 11) is -2.88. The Labute approximate surface area is 95.4 Å². The van der Waals surface area contributed by atoms with Gasteiger partial charge >= 0.3 is 0 Å². The molecule has 1 aliphatic heterocycles. The number of hydrogen-bond acceptors (Lipinski definition) is 4. The molecule has 1 atom stereocenters. The molecule has 5 heteroatoms. The second-order valence-corrected chi connectivity index (χ2v) is 6.56. The maximum atomic E-state index is 11.4. The van der Waals surface area contributed by atoms with Gasteiger partial charge in [-0.25, -0.2) is 8.42 Å². The van der Waals surface area contributed by atoms with Gasteiger partial charge in [0.2, 0.25) is 0 Å². The first-order chi connectivity index (χ1) is 7.49. The van der Waals surface area contributed by atoms with Gasteiger partial charge in [-0.1, -0.05) is 0 Å². The lowest BCUT2D eigenvalue weighted by atomic mass is 10.0. The van der Waals surface area contributed by atoms with Crippen molar-refractivity contribution in [3.05, 3.63) is 30.1 Å². The summed E-state index contributed by atoms with van der Waals surface area (Å²) < 4.78 is 22.7. The van der Waals surface area contributed by atoms with E-state index < -0.39 is 15.4 Å². The van der Waals surface area contributed by atoms with E-state index in [1.54, 1.807) is 18.6 Å². The number of hydrogen-bond donors (Lipinski definition) is 0. The zero-order valence-corrected chi connectivity index (χ0v) is 9.94. The van der Waals surface area contributed by atoms with Crippen molar-refractivity contribution < 1.29 is 8.42 Å². The van der Waals surface area contributed by atoms with Crippen molar-refractivity contribution in [2.24, 2.45) is 4.99 Å². The first-order valence-corrected chi connectivity index (χ1v) is 6.97. The van der Waals surface area contributed by atoms with Gasteiger partial charge in [0.1, 0.15) is 0 Å². The molecule has 0 radical (unpaired) electrons. The molecule has 0 unspecified atom stereocenters. The van der Waals surface area contributed by atoms with Crippen LogP contribution >= 0.6 is 0 Å². The van der Waals surface area contributed by atoms with E-state index in [1.807, 2.05) is 19.1 Å². The van der Waals surface area contributed by atoms with E-state index in [9.17, 15) is 8.42 Å². The number of nitrogens with zero attached hydrogens (tertiary/aromatic N) is 2. The first-order valence-electron chi connectivity index (χ1n) is 5.15. The van der Waals surface area contributed by atoms with Crippen molar-refractivity contribution in [2.75, 3.05) is 11.5 Å². The Morgan fingerprint density at radius 3 is 2.69 bits per heavy atom. The van der Waals surface area contributed by atoms with Gasteiger partial charge in [-0.15, -0.1) is 0 Å². The predicted molar refractivity (Wildman–Crippen MR) is 63.5 cm³/mol. The molecule has 2 rings (SSSR count). The monoisotopic (exact) mass is 238 g/mol. The van der Waals surface area contributed by atoms with Crippen molar-refractivity contribution >= 4 is 16.1 Å². The molecule has 0 N–H and O–H groups in total. The third-order valence-electron chi connectivity index (χ3n) is 2.71. The van der Waals surface area contributed by atoms with Crippen molar-refractivity contribution in [3.63, 3.8) is 0 Å². The van der Waals surface area contributed by atoms with E-state index in [-0.39, 0.29) is 11.5 Å². The van der Waals surface area contributed by atoms with Crippen molar-refractivity contribution in [3.8, 4) is 0 Å². The summed E-state index contributed by atoms with van der Waals surface area (Å²) in [5.74, 6) is 0.402. The van der Waals surface area contributed by atoms with Crippen LogP contribution in [0.25, 0.3) is 0 Å². The fourth-order valence-corrected chi connectivity index (χ4v) is 3.84.